The number of nitrogens with one attached hydrogen (secondary N) is 1. The number of carbonyl (C=O) groups is 1. The van der Waals surface area contributed by atoms with Crippen molar-refractivity contribution in [2.45, 2.75) is 13.0 Å². The monoisotopic (exact) mass is 223 g/mol. The highest BCUT2D eigenvalue weighted by Crippen LogP contribution is 2.32. The van der Waals surface area contributed by atoms with Crippen LogP contribution < -0.4 is 14.8 Å². The van der Waals surface area contributed by atoms with Crippen LogP contribution in [-0.4, -0.2) is 30.3 Å². The first-order chi connectivity index (χ1) is 7.66. The summed E-state index contributed by atoms with van der Waals surface area (Å²) < 4.78 is 10.8. The number of carboxylic acid groups (broad SMARTS) is 1. The minimum atomic E-state index is -0.894. The predicted molar refractivity (Wildman–Crippen MR) is 58.2 cm³/mol. The van der Waals surface area contributed by atoms with E-state index in [0.717, 1.165) is 0 Å². The van der Waals surface area contributed by atoms with Gasteiger partial charge in [-0.15, -0.1) is 0 Å². The number of anilines is 1. The third kappa shape index (κ3) is 2.18. The van der Waals surface area contributed by atoms with Crippen molar-refractivity contribution in [3.63, 3.8) is 0 Å². The molecule has 0 aliphatic carbocycles. The third-order valence-corrected chi connectivity index (χ3v) is 2.30. The molecule has 0 saturated heterocycles. The smallest absolute Gasteiger partial charge is 0.325 e. The Kier molecular flexibility index (Phi) is 2.85. The molecular formula is C11H13NO4. The lowest BCUT2D eigenvalue weighted by molar-refractivity contribution is -0.137. The molecule has 1 atom stereocenters. The van der Waals surface area contributed by atoms with Crippen LogP contribution in [0.25, 0.3) is 0 Å². The van der Waals surface area contributed by atoms with E-state index in [4.69, 9.17) is 14.6 Å². The molecule has 0 aromatic heterocycles. The van der Waals surface area contributed by atoms with Gasteiger partial charge < -0.3 is 19.9 Å². The molecule has 1 aromatic carbocycles. The molecule has 0 bridgehead atoms. The first-order valence-corrected chi connectivity index (χ1v) is 5.06. The van der Waals surface area contributed by atoms with Gasteiger partial charge in [0.15, 0.2) is 11.5 Å². The van der Waals surface area contributed by atoms with E-state index < -0.39 is 12.0 Å². The Bertz CT molecular complexity index is 405. The fourth-order valence-electron chi connectivity index (χ4n) is 1.44. The summed E-state index contributed by atoms with van der Waals surface area (Å²) in [7, 11) is 0. The van der Waals surface area contributed by atoms with Gasteiger partial charge in [0.05, 0.1) is 0 Å². The van der Waals surface area contributed by atoms with Crippen LogP contribution in [-0.2, 0) is 4.79 Å². The van der Waals surface area contributed by atoms with E-state index in [1.807, 2.05) is 0 Å². The van der Waals surface area contributed by atoms with Crippen LogP contribution in [0.5, 0.6) is 11.5 Å². The fraction of sp³-hybridized carbons (Fsp3) is 0.364. The summed E-state index contributed by atoms with van der Waals surface area (Å²) in [6, 6.07) is 4.65. The van der Waals surface area contributed by atoms with Crippen molar-refractivity contribution in [2.75, 3.05) is 18.5 Å². The maximum absolute atomic E-state index is 10.7. The third-order valence-electron chi connectivity index (χ3n) is 2.30. The maximum Gasteiger partial charge on any atom is 0.325 e. The lowest BCUT2D eigenvalue weighted by Gasteiger charge is -2.19. The Hall–Kier alpha value is -1.91. The number of aliphatic carboxylic acids is 1. The Morgan fingerprint density at radius 3 is 2.75 bits per heavy atom. The second-order valence-corrected chi connectivity index (χ2v) is 3.56. The first-order valence-electron chi connectivity index (χ1n) is 5.06. The number of carboxylic acids is 1. The van der Waals surface area contributed by atoms with Crippen LogP contribution >= 0.6 is 0 Å². The topological polar surface area (TPSA) is 67.8 Å². The molecule has 5 heteroatoms. The fourth-order valence-corrected chi connectivity index (χ4v) is 1.44. The molecule has 86 valence electrons. The van der Waals surface area contributed by atoms with Crippen molar-refractivity contribution in [3.8, 4) is 11.5 Å². The average Bonchev–Trinajstić information content (AvgIpc) is 2.28. The van der Waals surface area contributed by atoms with Gasteiger partial charge in [0.2, 0.25) is 0 Å². The van der Waals surface area contributed by atoms with Crippen LogP contribution in [0, 0.1) is 0 Å². The molecule has 0 fully saturated rings. The number of benzene rings is 1. The predicted octanol–water partition coefficient (Wildman–Crippen LogP) is 1.34. The van der Waals surface area contributed by atoms with Gasteiger partial charge in [-0.2, -0.15) is 0 Å². The number of fused-ring (bicyclic) bond motifs is 1. The summed E-state index contributed by atoms with van der Waals surface area (Å²) in [4.78, 5) is 10.7. The molecule has 2 rings (SSSR count). The van der Waals surface area contributed by atoms with Gasteiger partial charge in [0.25, 0.3) is 0 Å². The van der Waals surface area contributed by atoms with E-state index in [2.05, 4.69) is 5.32 Å². The van der Waals surface area contributed by atoms with E-state index in [-0.39, 0.29) is 0 Å². The minimum Gasteiger partial charge on any atom is -0.486 e. The van der Waals surface area contributed by atoms with Gasteiger partial charge >= 0.3 is 5.97 Å². The second-order valence-electron chi connectivity index (χ2n) is 3.56. The van der Waals surface area contributed by atoms with E-state index in [9.17, 15) is 4.79 Å². The second kappa shape index (κ2) is 4.30. The number of rotatable bonds is 3. The maximum atomic E-state index is 10.7. The minimum absolute atomic E-state index is 0.519. The Balaban J connectivity index is 2.14. The van der Waals surface area contributed by atoms with Gasteiger partial charge in [0, 0.05) is 11.8 Å². The largest absolute Gasteiger partial charge is 0.486 e. The highest BCUT2D eigenvalue weighted by Gasteiger charge is 2.14. The Labute approximate surface area is 93.0 Å². The molecule has 16 heavy (non-hydrogen) atoms. The first kappa shape index (κ1) is 10.6. The van der Waals surface area contributed by atoms with E-state index in [0.29, 0.717) is 30.4 Å². The summed E-state index contributed by atoms with van der Waals surface area (Å²) in [5, 5.41) is 11.6. The van der Waals surface area contributed by atoms with Gasteiger partial charge in [-0.25, -0.2) is 0 Å². The van der Waals surface area contributed by atoms with Crippen molar-refractivity contribution in [1.29, 1.82) is 0 Å². The molecule has 0 saturated carbocycles. The lowest BCUT2D eigenvalue weighted by Crippen LogP contribution is -2.25. The van der Waals surface area contributed by atoms with E-state index in [1.54, 1.807) is 25.1 Å². The van der Waals surface area contributed by atoms with E-state index in [1.165, 1.54) is 0 Å². The van der Waals surface area contributed by atoms with Crippen molar-refractivity contribution >= 4 is 11.7 Å². The van der Waals surface area contributed by atoms with Gasteiger partial charge in [0.1, 0.15) is 19.3 Å². The molecule has 1 aromatic rings. The average molecular weight is 223 g/mol. The normalized spacial score (nSPS) is 15.3. The summed E-state index contributed by atoms with van der Waals surface area (Å²) >= 11 is 0. The van der Waals surface area contributed by atoms with E-state index >= 15 is 0 Å². The molecular weight excluding hydrogens is 210 g/mol. The zero-order chi connectivity index (χ0) is 11.5. The number of ether oxygens (including phenoxy) is 2. The molecule has 1 heterocycles. The molecule has 2 N–H and O–H groups in total. The summed E-state index contributed by atoms with van der Waals surface area (Å²) in [6.45, 7) is 2.65. The molecule has 1 aliphatic rings. The molecule has 0 radical (unpaired) electrons. The van der Waals surface area contributed by atoms with Gasteiger partial charge in [-0.05, 0) is 19.1 Å². The standard InChI is InChI=1S/C11H13NO4/c1-7(11(13)14)12-8-2-3-9-10(6-8)16-5-4-15-9/h2-3,6-7,12H,4-5H2,1H3,(H,13,14)/t7-/m0/s1. The van der Waals surface area contributed by atoms with Crippen LogP contribution in [0.2, 0.25) is 0 Å². The van der Waals surface area contributed by atoms with Gasteiger partial charge in [-0.1, -0.05) is 0 Å². The van der Waals surface area contributed by atoms with Crippen LogP contribution in [0.15, 0.2) is 18.2 Å². The number of hydrogen-bond acceptors (Lipinski definition) is 4. The van der Waals surface area contributed by atoms with Crippen molar-refractivity contribution in [1.82, 2.24) is 0 Å². The van der Waals surface area contributed by atoms with Gasteiger partial charge in [-0.3, -0.25) is 4.79 Å². The van der Waals surface area contributed by atoms with Crippen LogP contribution in [0.1, 0.15) is 6.92 Å². The molecule has 0 unspecified atom stereocenters. The molecule has 0 amide bonds. The lowest BCUT2D eigenvalue weighted by atomic mass is 10.2. The SMILES string of the molecule is C[C@H](Nc1ccc2c(c1)OCCO2)C(=O)O. The van der Waals surface area contributed by atoms with Crippen molar-refractivity contribution in [2.24, 2.45) is 0 Å². The highest BCUT2D eigenvalue weighted by atomic mass is 16.6. The highest BCUT2D eigenvalue weighted by molar-refractivity contribution is 5.77. The van der Waals surface area contributed by atoms with Crippen LogP contribution in [0.3, 0.4) is 0 Å². The Morgan fingerprint density at radius 2 is 2.06 bits per heavy atom. The molecule has 1 aliphatic heterocycles. The molecule has 5 nitrogen and oxygen atoms in total. The quantitative estimate of drug-likeness (QED) is 0.809. The number of hydrogen-bond donors (Lipinski definition) is 2. The zero-order valence-electron chi connectivity index (χ0n) is 8.90. The molecule has 0 spiro atoms. The zero-order valence-corrected chi connectivity index (χ0v) is 8.90. The summed E-state index contributed by atoms with van der Waals surface area (Å²) in [6.07, 6.45) is 0. The van der Waals surface area contributed by atoms with Crippen LogP contribution in [0.4, 0.5) is 5.69 Å². The summed E-state index contributed by atoms with van der Waals surface area (Å²) in [5.41, 5.74) is 0.708. The van der Waals surface area contributed by atoms with Crippen molar-refractivity contribution in [3.05, 3.63) is 18.2 Å². The summed E-state index contributed by atoms with van der Waals surface area (Å²) in [5.74, 6) is 0.448. The van der Waals surface area contributed by atoms with Crippen molar-refractivity contribution < 1.29 is 19.4 Å². The Morgan fingerprint density at radius 1 is 1.38 bits per heavy atom.